The molecule has 2 aliphatic rings. The predicted octanol–water partition coefficient (Wildman–Crippen LogP) is -0.519. The van der Waals surface area contributed by atoms with E-state index >= 15 is 0 Å². The molecular formula is C7H9BrN2O2. The number of carbonyl (C=O) groups excluding carboxylic acids is 2. The average molecular weight is 233 g/mol. The van der Waals surface area contributed by atoms with Gasteiger partial charge in [0.1, 0.15) is 6.04 Å². The molecule has 2 atom stereocenters. The zero-order chi connectivity index (χ0) is 8.72. The Morgan fingerprint density at radius 3 is 3.08 bits per heavy atom. The van der Waals surface area contributed by atoms with E-state index in [1.54, 1.807) is 4.90 Å². The van der Waals surface area contributed by atoms with Crippen LogP contribution in [0, 0.1) is 0 Å². The summed E-state index contributed by atoms with van der Waals surface area (Å²) in [7, 11) is 0. The number of hydrogen-bond donors (Lipinski definition) is 1. The van der Waals surface area contributed by atoms with Crippen molar-refractivity contribution in [2.24, 2.45) is 0 Å². The van der Waals surface area contributed by atoms with E-state index in [4.69, 9.17) is 0 Å². The number of likely N-dealkylation sites (tertiary alicyclic amines) is 1. The van der Waals surface area contributed by atoms with E-state index < -0.39 is 0 Å². The van der Waals surface area contributed by atoms with Gasteiger partial charge in [-0.05, 0) is 6.42 Å². The molecule has 66 valence electrons. The molecule has 0 aromatic heterocycles. The Hall–Kier alpha value is -0.580. The standard InChI is InChI=1S/C7H9BrN2O2/c8-3-5(11)10-2-1-4-6(10)7(12)9-4/h4,6H,1-3H2,(H,9,12)/t4-,6-/m1/s1. The summed E-state index contributed by atoms with van der Waals surface area (Å²) < 4.78 is 0. The monoisotopic (exact) mass is 232 g/mol. The first-order valence-electron chi connectivity index (χ1n) is 3.90. The van der Waals surface area contributed by atoms with Crippen LogP contribution in [0.5, 0.6) is 0 Å². The van der Waals surface area contributed by atoms with E-state index in [9.17, 15) is 9.59 Å². The van der Waals surface area contributed by atoms with Crippen LogP contribution in [0.1, 0.15) is 6.42 Å². The van der Waals surface area contributed by atoms with Crippen molar-refractivity contribution in [3.8, 4) is 0 Å². The van der Waals surface area contributed by atoms with Crippen molar-refractivity contribution in [2.75, 3.05) is 11.9 Å². The summed E-state index contributed by atoms with van der Waals surface area (Å²) in [5.41, 5.74) is 0. The molecule has 1 N–H and O–H groups in total. The molecule has 12 heavy (non-hydrogen) atoms. The number of amides is 2. The fraction of sp³-hybridized carbons (Fsp3) is 0.714. The first-order chi connectivity index (χ1) is 5.74. The topological polar surface area (TPSA) is 49.4 Å². The van der Waals surface area contributed by atoms with Crippen LogP contribution in [0.2, 0.25) is 0 Å². The van der Waals surface area contributed by atoms with Crippen molar-refractivity contribution in [3.63, 3.8) is 0 Å². The van der Waals surface area contributed by atoms with Crippen molar-refractivity contribution in [1.82, 2.24) is 10.2 Å². The highest BCUT2D eigenvalue weighted by atomic mass is 79.9. The summed E-state index contributed by atoms with van der Waals surface area (Å²) in [4.78, 5) is 23.9. The SMILES string of the molecule is O=C1N[C@@H]2CCN(C(=O)CBr)[C@@H]12. The molecule has 5 heteroatoms. The number of hydrogen-bond acceptors (Lipinski definition) is 2. The van der Waals surface area contributed by atoms with Crippen LogP contribution < -0.4 is 5.32 Å². The molecule has 0 bridgehead atoms. The molecule has 0 spiro atoms. The van der Waals surface area contributed by atoms with Crippen LogP contribution >= 0.6 is 15.9 Å². The van der Waals surface area contributed by atoms with Gasteiger partial charge in [0, 0.05) is 6.54 Å². The van der Waals surface area contributed by atoms with E-state index in [1.807, 2.05) is 0 Å². The van der Waals surface area contributed by atoms with E-state index in [1.165, 1.54) is 0 Å². The number of nitrogens with zero attached hydrogens (tertiary/aromatic N) is 1. The predicted molar refractivity (Wildman–Crippen MR) is 45.8 cm³/mol. The first kappa shape index (κ1) is 8.04. The maximum absolute atomic E-state index is 11.2. The molecule has 2 saturated heterocycles. The average Bonchev–Trinajstić information content (AvgIpc) is 2.40. The van der Waals surface area contributed by atoms with E-state index in [0.717, 1.165) is 6.42 Å². The second-order valence-corrected chi connectivity index (χ2v) is 3.63. The number of nitrogens with one attached hydrogen (secondary N) is 1. The highest BCUT2D eigenvalue weighted by Crippen LogP contribution is 2.25. The van der Waals surface area contributed by atoms with Crippen LogP contribution in [0.25, 0.3) is 0 Å². The fourth-order valence-electron chi connectivity index (χ4n) is 1.80. The molecule has 0 radical (unpaired) electrons. The van der Waals surface area contributed by atoms with Crippen molar-refractivity contribution < 1.29 is 9.59 Å². The third-order valence-corrected chi connectivity index (χ3v) is 2.91. The van der Waals surface area contributed by atoms with Crippen LogP contribution in [-0.2, 0) is 9.59 Å². The highest BCUT2D eigenvalue weighted by Gasteiger charge is 2.49. The highest BCUT2D eigenvalue weighted by molar-refractivity contribution is 9.09. The van der Waals surface area contributed by atoms with Gasteiger partial charge in [0.15, 0.2) is 0 Å². The number of carbonyl (C=O) groups is 2. The lowest BCUT2D eigenvalue weighted by molar-refractivity contribution is -0.142. The Bertz CT molecular complexity index is 244. The third kappa shape index (κ3) is 0.957. The Morgan fingerprint density at radius 1 is 1.75 bits per heavy atom. The van der Waals surface area contributed by atoms with Gasteiger partial charge in [-0.15, -0.1) is 0 Å². The summed E-state index contributed by atoms with van der Waals surface area (Å²) >= 11 is 3.09. The lowest BCUT2D eigenvalue weighted by Crippen LogP contribution is -2.65. The molecule has 0 aliphatic carbocycles. The summed E-state index contributed by atoms with van der Waals surface area (Å²) in [6.07, 6.45) is 0.898. The van der Waals surface area contributed by atoms with Crippen LogP contribution in [0.3, 0.4) is 0 Å². The Labute approximate surface area is 78.4 Å². The molecule has 2 amide bonds. The van der Waals surface area contributed by atoms with Crippen molar-refractivity contribution in [1.29, 1.82) is 0 Å². The zero-order valence-electron chi connectivity index (χ0n) is 6.42. The molecule has 4 nitrogen and oxygen atoms in total. The quantitative estimate of drug-likeness (QED) is 0.489. The normalized spacial score (nSPS) is 32.4. The molecule has 2 aliphatic heterocycles. The van der Waals surface area contributed by atoms with Crippen molar-refractivity contribution in [3.05, 3.63) is 0 Å². The number of alkyl halides is 1. The second-order valence-electron chi connectivity index (χ2n) is 3.07. The van der Waals surface area contributed by atoms with Gasteiger partial charge in [0.25, 0.3) is 0 Å². The molecule has 0 unspecified atom stereocenters. The van der Waals surface area contributed by atoms with Gasteiger partial charge in [0.05, 0.1) is 11.4 Å². The summed E-state index contributed by atoms with van der Waals surface area (Å²) in [6.45, 7) is 0.707. The molecule has 2 heterocycles. The minimum Gasteiger partial charge on any atom is -0.349 e. The fourth-order valence-corrected chi connectivity index (χ4v) is 2.12. The Balaban J connectivity index is 2.08. The van der Waals surface area contributed by atoms with Crippen LogP contribution in [0.15, 0.2) is 0 Å². The van der Waals surface area contributed by atoms with Gasteiger partial charge in [-0.3, -0.25) is 9.59 Å². The number of halogens is 1. The molecule has 2 fully saturated rings. The van der Waals surface area contributed by atoms with E-state index in [-0.39, 0.29) is 23.9 Å². The number of rotatable bonds is 1. The minimum atomic E-state index is -0.171. The van der Waals surface area contributed by atoms with E-state index in [2.05, 4.69) is 21.2 Å². The van der Waals surface area contributed by atoms with Gasteiger partial charge < -0.3 is 10.2 Å². The van der Waals surface area contributed by atoms with E-state index in [0.29, 0.717) is 11.9 Å². The maximum Gasteiger partial charge on any atom is 0.245 e. The Morgan fingerprint density at radius 2 is 2.50 bits per heavy atom. The minimum absolute atomic E-state index is 0.00759. The Kier molecular flexibility index (Phi) is 1.83. The van der Waals surface area contributed by atoms with Gasteiger partial charge >= 0.3 is 0 Å². The van der Waals surface area contributed by atoms with Crippen molar-refractivity contribution in [2.45, 2.75) is 18.5 Å². The molecule has 2 rings (SSSR count). The molecule has 0 saturated carbocycles. The largest absolute Gasteiger partial charge is 0.349 e. The van der Waals surface area contributed by atoms with Gasteiger partial charge in [-0.2, -0.15) is 0 Å². The second kappa shape index (κ2) is 2.73. The van der Waals surface area contributed by atoms with Crippen molar-refractivity contribution >= 4 is 27.7 Å². The lowest BCUT2D eigenvalue weighted by atomic mass is 10.0. The summed E-state index contributed by atoms with van der Waals surface area (Å²) in [6, 6.07) is 0.0514. The number of fused-ring (bicyclic) bond motifs is 1. The summed E-state index contributed by atoms with van der Waals surface area (Å²) in [5, 5.41) is 3.07. The lowest BCUT2D eigenvalue weighted by Gasteiger charge is -2.35. The maximum atomic E-state index is 11.2. The van der Waals surface area contributed by atoms with Gasteiger partial charge in [-0.1, -0.05) is 15.9 Å². The molecule has 0 aromatic rings. The molecule has 0 aromatic carbocycles. The number of β-lactam (4-membered cyclic amide) rings is 1. The third-order valence-electron chi connectivity index (χ3n) is 2.43. The summed E-state index contributed by atoms with van der Waals surface area (Å²) in [5.74, 6) is 0.00384. The smallest absolute Gasteiger partial charge is 0.245 e. The van der Waals surface area contributed by atoms with Crippen LogP contribution in [-0.4, -0.2) is 40.7 Å². The zero-order valence-corrected chi connectivity index (χ0v) is 8.00. The first-order valence-corrected chi connectivity index (χ1v) is 5.02. The van der Waals surface area contributed by atoms with Gasteiger partial charge in [0.2, 0.25) is 11.8 Å². The van der Waals surface area contributed by atoms with Gasteiger partial charge in [-0.25, -0.2) is 0 Å². The van der Waals surface area contributed by atoms with Crippen LogP contribution in [0.4, 0.5) is 0 Å². The molecular weight excluding hydrogens is 224 g/mol.